The van der Waals surface area contributed by atoms with E-state index in [0.717, 1.165) is 69.1 Å². The molecule has 4 N–H and O–H groups in total. The van der Waals surface area contributed by atoms with Crippen LogP contribution in [0.25, 0.3) is 0 Å². The average molecular weight is 564 g/mol. The highest BCUT2D eigenvalue weighted by atomic mass is 16.5. The van der Waals surface area contributed by atoms with Crippen molar-refractivity contribution in [2.45, 2.75) is 90.9 Å². The van der Waals surface area contributed by atoms with Gasteiger partial charge >= 0.3 is 0 Å². The zero-order valence-electron chi connectivity index (χ0n) is 25.0. The second-order valence-electron chi connectivity index (χ2n) is 12.6. The van der Waals surface area contributed by atoms with Crippen LogP contribution in [0.4, 0.5) is 11.5 Å². The summed E-state index contributed by atoms with van der Waals surface area (Å²) in [5.41, 5.74) is 5.91. The summed E-state index contributed by atoms with van der Waals surface area (Å²) in [4.78, 5) is 24.5. The molecule has 2 aromatic heterocycles. The van der Waals surface area contributed by atoms with Crippen molar-refractivity contribution in [2.24, 2.45) is 11.3 Å². The molecule has 41 heavy (non-hydrogen) atoms. The summed E-state index contributed by atoms with van der Waals surface area (Å²) in [7, 11) is 1.88. The van der Waals surface area contributed by atoms with Crippen LogP contribution in [-0.2, 0) is 29.0 Å². The van der Waals surface area contributed by atoms with Gasteiger partial charge in [0.05, 0.1) is 24.6 Å². The number of carbonyl (C=O) groups is 1. The van der Waals surface area contributed by atoms with Crippen LogP contribution in [0, 0.1) is 30.6 Å². The minimum absolute atomic E-state index is 0.0947. The predicted octanol–water partition coefficient (Wildman–Crippen LogP) is 2.73. The Bertz CT molecular complexity index is 1320. The molecule has 4 aliphatic rings. The summed E-state index contributed by atoms with van der Waals surface area (Å²) in [6, 6.07) is 0.0296. The van der Waals surface area contributed by atoms with Crippen LogP contribution in [0.2, 0.25) is 0 Å². The number of carbonyl (C=O) groups excluding carboxylic acids is 1. The fourth-order valence-corrected chi connectivity index (χ4v) is 7.78. The number of morpholine rings is 1. The SMILES string of the molecule is CNc1c(C(C)=N)nc(C)nc1N1CCc2c(c(C)nn2CC23CCCC(C2)C(NC(=O)[C@@H]2COCCN2)CC3)C1. The van der Waals surface area contributed by atoms with Gasteiger partial charge in [0.1, 0.15) is 23.2 Å². The minimum Gasteiger partial charge on any atom is -0.383 e. The van der Waals surface area contributed by atoms with E-state index in [4.69, 9.17) is 20.2 Å². The molecule has 2 aliphatic carbocycles. The largest absolute Gasteiger partial charge is 0.383 e. The van der Waals surface area contributed by atoms with Gasteiger partial charge in [-0.3, -0.25) is 9.48 Å². The Kier molecular flexibility index (Phi) is 7.76. The molecule has 0 aromatic carbocycles. The van der Waals surface area contributed by atoms with Gasteiger partial charge in [-0.05, 0) is 64.2 Å². The molecule has 11 nitrogen and oxygen atoms in total. The Hall–Kier alpha value is -3.05. The number of fused-ring (bicyclic) bond motifs is 3. The van der Waals surface area contributed by atoms with Crippen molar-refractivity contribution in [3.63, 3.8) is 0 Å². The van der Waals surface area contributed by atoms with Gasteiger partial charge in [-0.2, -0.15) is 5.10 Å². The number of anilines is 2. The van der Waals surface area contributed by atoms with Crippen molar-refractivity contribution in [1.82, 2.24) is 30.4 Å². The quantitative estimate of drug-likeness (QED) is 0.378. The van der Waals surface area contributed by atoms with Crippen LogP contribution >= 0.6 is 0 Å². The van der Waals surface area contributed by atoms with E-state index in [1.54, 1.807) is 6.92 Å². The predicted molar refractivity (Wildman–Crippen MR) is 159 cm³/mol. The van der Waals surface area contributed by atoms with E-state index < -0.39 is 0 Å². The highest BCUT2D eigenvalue weighted by Crippen LogP contribution is 2.50. The van der Waals surface area contributed by atoms with Crippen molar-refractivity contribution in [2.75, 3.05) is 43.6 Å². The number of aromatic nitrogens is 4. The number of ether oxygens (including phenoxy) is 1. The average Bonchev–Trinajstić information content (AvgIpc) is 3.28. The van der Waals surface area contributed by atoms with Gasteiger partial charge in [0, 0.05) is 56.9 Å². The first-order valence-corrected chi connectivity index (χ1v) is 15.3. The Morgan fingerprint density at radius 1 is 1.24 bits per heavy atom. The van der Waals surface area contributed by atoms with E-state index in [0.29, 0.717) is 36.4 Å². The number of hydrogen-bond donors (Lipinski definition) is 4. The molecule has 4 heterocycles. The normalized spacial score (nSPS) is 27.7. The molecule has 1 saturated heterocycles. The summed E-state index contributed by atoms with van der Waals surface area (Å²) >= 11 is 0. The second kappa shape index (κ2) is 11.3. The lowest BCUT2D eigenvalue weighted by Gasteiger charge is -2.49. The number of amides is 1. The van der Waals surface area contributed by atoms with E-state index in [2.05, 4.69) is 37.4 Å². The molecule has 0 spiro atoms. The fraction of sp³-hybridized carbons (Fsp3) is 0.700. The maximum atomic E-state index is 12.9. The Balaban J connectivity index is 1.17. The Labute approximate surface area is 242 Å². The number of aryl methyl sites for hydroxylation is 2. The van der Waals surface area contributed by atoms with Gasteiger partial charge in [0.2, 0.25) is 5.91 Å². The number of nitrogens with zero attached hydrogens (tertiary/aromatic N) is 5. The van der Waals surface area contributed by atoms with Crippen LogP contribution < -0.4 is 20.9 Å². The van der Waals surface area contributed by atoms with Gasteiger partial charge in [-0.25, -0.2) is 9.97 Å². The lowest BCUT2D eigenvalue weighted by Crippen LogP contribution is -2.56. The number of rotatable bonds is 7. The molecule has 3 fully saturated rings. The molecular weight excluding hydrogens is 518 g/mol. The zero-order valence-corrected chi connectivity index (χ0v) is 25.0. The smallest absolute Gasteiger partial charge is 0.239 e. The summed E-state index contributed by atoms with van der Waals surface area (Å²) in [6.45, 7) is 10.2. The summed E-state index contributed by atoms with van der Waals surface area (Å²) in [5, 5.41) is 23.3. The molecule has 2 bridgehead atoms. The third kappa shape index (κ3) is 5.46. The summed E-state index contributed by atoms with van der Waals surface area (Å²) in [5.74, 6) is 2.17. The third-order valence-electron chi connectivity index (χ3n) is 9.82. The van der Waals surface area contributed by atoms with E-state index in [-0.39, 0.29) is 23.4 Å². The van der Waals surface area contributed by atoms with Gasteiger partial charge in [-0.1, -0.05) is 6.42 Å². The summed E-state index contributed by atoms with van der Waals surface area (Å²) in [6.07, 6.45) is 7.87. The molecule has 2 aliphatic heterocycles. The van der Waals surface area contributed by atoms with Crippen molar-refractivity contribution < 1.29 is 9.53 Å². The molecular formula is C30H45N9O2. The first kappa shape index (κ1) is 28.1. The van der Waals surface area contributed by atoms with Crippen LogP contribution in [-0.4, -0.2) is 76.8 Å². The first-order chi connectivity index (χ1) is 19.8. The Morgan fingerprint density at radius 3 is 2.85 bits per heavy atom. The van der Waals surface area contributed by atoms with Crippen molar-refractivity contribution in [1.29, 1.82) is 5.41 Å². The van der Waals surface area contributed by atoms with Crippen molar-refractivity contribution in [3.05, 3.63) is 28.5 Å². The lowest BCUT2D eigenvalue weighted by atomic mass is 9.60. The topological polar surface area (TPSA) is 133 Å². The first-order valence-electron chi connectivity index (χ1n) is 15.3. The molecule has 2 aromatic rings. The molecule has 1 amide bonds. The summed E-state index contributed by atoms with van der Waals surface area (Å²) < 4.78 is 7.84. The molecule has 0 radical (unpaired) electrons. The van der Waals surface area contributed by atoms with Crippen molar-refractivity contribution >= 4 is 23.1 Å². The lowest BCUT2D eigenvalue weighted by molar-refractivity contribution is -0.128. The molecule has 11 heteroatoms. The van der Waals surface area contributed by atoms with Gasteiger partial charge in [0.25, 0.3) is 0 Å². The van der Waals surface area contributed by atoms with Gasteiger partial charge < -0.3 is 31.0 Å². The van der Waals surface area contributed by atoms with Gasteiger partial charge in [0.15, 0.2) is 5.82 Å². The van der Waals surface area contributed by atoms with E-state index >= 15 is 0 Å². The molecule has 3 unspecified atom stereocenters. The number of hydrogen-bond acceptors (Lipinski definition) is 9. The van der Waals surface area contributed by atoms with E-state index in [1.807, 2.05) is 14.0 Å². The number of nitrogens with one attached hydrogen (secondary N) is 4. The Morgan fingerprint density at radius 2 is 2.10 bits per heavy atom. The van der Waals surface area contributed by atoms with E-state index in [1.165, 1.54) is 30.5 Å². The van der Waals surface area contributed by atoms with Crippen molar-refractivity contribution in [3.8, 4) is 0 Å². The molecule has 2 saturated carbocycles. The van der Waals surface area contributed by atoms with Gasteiger partial charge in [-0.15, -0.1) is 0 Å². The minimum atomic E-state index is -0.228. The molecule has 222 valence electrons. The standard InChI is InChI=1S/C30H45N9O2/c1-18(31)26-27(32-4)28(35-20(3)34-26)38-12-8-25-22(15-38)19(2)37-39(25)17-30-9-5-6-21(14-30)23(7-10-30)36-29(40)24-16-41-13-11-33-24/h21,23-24,31-33H,5-17H2,1-4H3,(H,36,40)/t21?,23?,24-,30?/m0/s1. The maximum Gasteiger partial charge on any atom is 0.239 e. The second-order valence-corrected chi connectivity index (χ2v) is 12.6. The van der Waals surface area contributed by atoms with E-state index in [9.17, 15) is 4.79 Å². The van der Waals surface area contributed by atoms with Crippen LogP contribution in [0.1, 0.15) is 73.9 Å². The van der Waals surface area contributed by atoms with Crippen LogP contribution in [0.15, 0.2) is 0 Å². The highest BCUT2D eigenvalue weighted by molar-refractivity contribution is 6.01. The van der Waals surface area contributed by atoms with Crippen LogP contribution in [0.5, 0.6) is 0 Å². The fourth-order valence-electron chi connectivity index (χ4n) is 7.78. The monoisotopic (exact) mass is 563 g/mol. The maximum absolute atomic E-state index is 12.9. The third-order valence-corrected chi connectivity index (χ3v) is 9.82. The zero-order chi connectivity index (χ0) is 28.7. The molecule has 4 atom stereocenters. The highest BCUT2D eigenvalue weighted by Gasteiger charge is 2.45. The van der Waals surface area contributed by atoms with Crippen LogP contribution in [0.3, 0.4) is 0 Å². The molecule has 6 rings (SSSR count).